The van der Waals surface area contributed by atoms with Crippen molar-refractivity contribution in [1.29, 1.82) is 0 Å². The van der Waals surface area contributed by atoms with E-state index >= 15 is 0 Å². The second kappa shape index (κ2) is 7.49. The molecule has 0 radical (unpaired) electrons. The Morgan fingerprint density at radius 3 is 2.09 bits per heavy atom. The zero-order valence-corrected chi connectivity index (χ0v) is 14.2. The van der Waals surface area contributed by atoms with Crippen molar-refractivity contribution in [2.45, 2.75) is 52.1 Å². The first-order valence-electron chi connectivity index (χ1n) is 8.24. The number of nitrogens with zero attached hydrogens (tertiary/aromatic N) is 1. The molecule has 0 saturated carbocycles. The van der Waals surface area contributed by atoms with E-state index < -0.39 is 11.7 Å². The van der Waals surface area contributed by atoms with Gasteiger partial charge in [0.05, 0.1) is 0 Å². The molecule has 1 aromatic carbocycles. The molecule has 5 heteroatoms. The minimum atomic E-state index is -0.535. The van der Waals surface area contributed by atoms with Crippen LogP contribution in [0.15, 0.2) is 24.3 Å². The third-order valence-corrected chi connectivity index (χ3v) is 3.67. The summed E-state index contributed by atoms with van der Waals surface area (Å²) in [4.78, 5) is 26.1. The lowest BCUT2D eigenvalue weighted by atomic mass is 10.1. The number of hydrogen-bond donors (Lipinski definition) is 1. The van der Waals surface area contributed by atoms with Gasteiger partial charge >= 0.3 is 6.09 Å². The highest BCUT2D eigenvalue weighted by Crippen LogP contribution is 2.16. The van der Waals surface area contributed by atoms with Crippen molar-refractivity contribution in [3.8, 4) is 0 Å². The molecule has 1 aliphatic rings. The first-order chi connectivity index (χ1) is 10.8. The van der Waals surface area contributed by atoms with Crippen LogP contribution in [0.1, 0.15) is 56.8 Å². The minimum absolute atomic E-state index is 0.0655. The molecule has 0 spiro atoms. The SMILES string of the molecule is CC(C)(C)OC(=O)Nc1ccc(C(=O)N2CCCCCC2)cc1. The predicted octanol–water partition coefficient (Wildman–Crippen LogP) is 4.05. The van der Waals surface area contributed by atoms with E-state index in [1.54, 1.807) is 24.3 Å². The van der Waals surface area contributed by atoms with Crippen LogP contribution in [0.2, 0.25) is 0 Å². The number of benzene rings is 1. The summed E-state index contributed by atoms with van der Waals surface area (Å²) in [6.45, 7) is 7.11. The second-order valence-electron chi connectivity index (χ2n) is 6.91. The van der Waals surface area contributed by atoms with E-state index in [-0.39, 0.29) is 5.91 Å². The van der Waals surface area contributed by atoms with Crippen LogP contribution in [0.4, 0.5) is 10.5 Å². The van der Waals surface area contributed by atoms with Gasteiger partial charge in [0.2, 0.25) is 0 Å². The van der Waals surface area contributed by atoms with Gasteiger partial charge < -0.3 is 9.64 Å². The molecular formula is C18H26N2O3. The Morgan fingerprint density at radius 2 is 1.57 bits per heavy atom. The molecule has 1 aromatic rings. The van der Waals surface area contributed by atoms with Crippen LogP contribution in [-0.4, -0.2) is 35.6 Å². The van der Waals surface area contributed by atoms with Crippen molar-refractivity contribution in [2.75, 3.05) is 18.4 Å². The maximum atomic E-state index is 12.5. The number of carbonyl (C=O) groups is 2. The van der Waals surface area contributed by atoms with Gasteiger partial charge in [0.1, 0.15) is 5.60 Å². The Kier molecular flexibility index (Phi) is 5.64. The Bertz CT molecular complexity index is 538. The average molecular weight is 318 g/mol. The highest BCUT2D eigenvalue weighted by Gasteiger charge is 2.18. The molecule has 0 atom stereocenters. The van der Waals surface area contributed by atoms with Gasteiger partial charge in [-0.3, -0.25) is 10.1 Å². The number of carbonyl (C=O) groups excluding carboxylic acids is 2. The topological polar surface area (TPSA) is 58.6 Å². The fourth-order valence-corrected chi connectivity index (χ4v) is 2.57. The molecule has 0 aromatic heterocycles. The molecule has 0 aliphatic carbocycles. The molecule has 2 amide bonds. The van der Waals surface area contributed by atoms with E-state index in [9.17, 15) is 9.59 Å². The smallest absolute Gasteiger partial charge is 0.412 e. The zero-order valence-electron chi connectivity index (χ0n) is 14.2. The number of ether oxygens (including phenoxy) is 1. The lowest BCUT2D eigenvalue weighted by molar-refractivity contribution is 0.0635. The monoisotopic (exact) mass is 318 g/mol. The van der Waals surface area contributed by atoms with Crippen LogP contribution in [0, 0.1) is 0 Å². The van der Waals surface area contributed by atoms with E-state index in [0.29, 0.717) is 11.3 Å². The molecule has 0 bridgehead atoms. The van der Waals surface area contributed by atoms with Gasteiger partial charge in [-0.2, -0.15) is 0 Å². The van der Waals surface area contributed by atoms with Crippen molar-refractivity contribution in [3.63, 3.8) is 0 Å². The summed E-state index contributed by atoms with van der Waals surface area (Å²) in [6.07, 6.45) is 4.04. The Hall–Kier alpha value is -2.04. The fraction of sp³-hybridized carbons (Fsp3) is 0.556. The molecule has 2 rings (SSSR count). The normalized spacial score (nSPS) is 15.7. The van der Waals surface area contributed by atoms with Gasteiger partial charge in [0.15, 0.2) is 0 Å². The van der Waals surface area contributed by atoms with E-state index in [2.05, 4.69) is 5.32 Å². The molecule has 0 unspecified atom stereocenters. The number of likely N-dealkylation sites (tertiary alicyclic amines) is 1. The largest absolute Gasteiger partial charge is 0.444 e. The first-order valence-corrected chi connectivity index (χ1v) is 8.24. The minimum Gasteiger partial charge on any atom is -0.444 e. The molecule has 1 fully saturated rings. The fourth-order valence-electron chi connectivity index (χ4n) is 2.57. The Labute approximate surface area is 138 Å². The Morgan fingerprint density at radius 1 is 1.00 bits per heavy atom. The van der Waals surface area contributed by atoms with E-state index in [0.717, 1.165) is 25.9 Å². The summed E-state index contributed by atoms with van der Waals surface area (Å²) in [7, 11) is 0. The summed E-state index contributed by atoms with van der Waals surface area (Å²) in [5, 5.41) is 2.67. The number of anilines is 1. The Balaban J connectivity index is 1.96. The van der Waals surface area contributed by atoms with E-state index in [1.807, 2.05) is 25.7 Å². The van der Waals surface area contributed by atoms with Crippen LogP contribution in [0.3, 0.4) is 0 Å². The van der Waals surface area contributed by atoms with E-state index in [1.165, 1.54) is 12.8 Å². The first kappa shape index (κ1) is 17.3. The maximum absolute atomic E-state index is 12.5. The third-order valence-electron chi connectivity index (χ3n) is 3.67. The van der Waals surface area contributed by atoms with Gasteiger partial charge in [0, 0.05) is 24.3 Å². The van der Waals surface area contributed by atoms with Gasteiger partial charge in [-0.15, -0.1) is 0 Å². The molecule has 1 saturated heterocycles. The molecule has 1 N–H and O–H groups in total. The average Bonchev–Trinajstić information content (AvgIpc) is 2.74. The van der Waals surface area contributed by atoms with Gasteiger partial charge in [-0.05, 0) is 57.9 Å². The van der Waals surface area contributed by atoms with Crippen molar-refractivity contribution in [2.24, 2.45) is 0 Å². The molecule has 23 heavy (non-hydrogen) atoms. The molecule has 1 aliphatic heterocycles. The van der Waals surface area contributed by atoms with E-state index in [4.69, 9.17) is 4.74 Å². The van der Waals surface area contributed by atoms with Crippen LogP contribution >= 0.6 is 0 Å². The molecule has 1 heterocycles. The molecular weight excluding hydrogens is 292 g/mol. The maximum Gasteiger partial charge on any atom is 0.412 e. The third kappa shape index (κ3) is 5.58. The highest BCUT2D eigenvalue weighted by molar-refractivity contribution is 5.95. The standard InChI is InChI=1S/C18H26N2O3/c1-18(2,3)23-17(22)19-15-10-8-14(9-11-15)16(21)20-12-6-4-5-7-13-20/h8-11H,4-7,12-13H2,1-3H3,(H,19,22). The molecule has 126 valence electrons. The predicted molar refractivity (Wildman–Crippen MR) is 90.7 cm³/mol. The summed E-state index contributed by atoms with van der Waals surface area (Å²) >= 11 is 0. The van der Waals surface area contributed by atoms with Crippen molar-refractivity contribution in [1.82, 2.24) is 4.90 Å². The van der Waals surface area contributed by atoms with Crippen LogP contribution in [-0.2, 0) is 4.74 Å². The summed E-state index contributed by atoms with van der Waals surface area (Å²) in [6, 6.07) is 6.96. The van der Waals surface area contributed by atoms with Crippen molar-refractivity contribution >= 4 is 17.7 Å². The number of nitrogens with one attached hydrogen (secondary N) is 1. The van der Waals surface area contributed by atoms with Crippen molar-refractivity contribution < 1.29 is 14.3 Å². The number of hydrogen-bond acceptors (Lipinski definition) is 3. The van der Waals surface area contributed by atoms with Crippen molar-refractivity contribution in [3.05, 3.63) is 29.8 Å². The van der Waals surface area contributed by atoms with Gasteiger partial charge in [-0.1, -0.05) is 12.8 Å². The van der Waals surface area contributed by atoms with Crippen LogP contribution in [0.5, 0.6) is 0 Å². The lowest BCUT2D eigenvalue weighted by Crippen LogP contribution is -2.31. The van der Waals surface area contributed by atoms with Crippen LogP contribution in [0.25, 0.3) is 0 Å². The summed E-state index contributed by atoms with van der Waals surface area (Å²) < 4.78 is 5.20. The van der Waals surface area contributed by atoms with Gasteiger partial charge in [-0.25, -0.2) is 4.79 Å². The number of amides is 2. The lowest BCUT2D eigenvalue weighted by Gasteiger charge is -2.21. The number of rotatable bonds is 2. The van der Waals surface area contributed by atoms with Crippen LogP contribution < -0.4 is 5.32 Å². The second-order valence-corrected chi connectivity index (χ2v) is 6.91. The quantitative estimate of drug-likeness (QED) is 0.895. The molecule has 5 nitrogen and oxygen atoms in total. The zero-order chi connectivity index (χ0) is 16.9. The summed E-state index contributed by atoms with van der Waals surface area (Å²) in [5.74, 6) is 0.0655. The van der Waals surface area contributed by atoms with Gasteiger partial charge in [0.25, 0.3) is 5.91 Å². The highest BCUT2D eigenvalue weighted by atomic mass is 16.6. The summed E-state index contributed by atoms with van der Waals surface area (Å²) in [5.41, 5.74) is 0.737.